The predicted molar refractivity (Wildman–Crippen MR) is 152 cm³/mol. The molecule has 4 amide bonds. The largest absolute Gasteiger partial charge is 0.445 e. The summed E-state index contributed by atoms with van der Waals surface area (Å²) < 4.78 is 10.0. The lowest BCUT2D eigenvalue weighted by Gasteiger charge is -2.23. The summed E-state index contributed by atoms with van der Waals surface area (Å²) in [5, 5.41) is 11.5. The van der Waals surface area contributed by atoms with Crippen molar-refractivity contribution >= 4 is 29.7 Å². The fraction of sp³-hybridized carbons (Fsp3) is 0.448. The SMILES string of the molecule is CN[C@@H](Cc1ccccc1)C(=O)N[C@@H](CCCCNC(=O)OC(C)(C)C)C(=O)Nc1ccc(COC(N)=O)cc1. The van der Waals surface area contributed by atoms with Crippen LogP contribution in [0, 0.1) is 0 Å². The maximum Gasteiger partial charge on any atom is 0.407 e. The molecule has 218 valence electrons. The first kappa shape index (κ1) is 32.1. The lowest BCUT2D eigenvalue weighted by Crippen LogP contribution is -2.51. The van der Waals surface area contributed by atoms with Crippen molar-refractivity contribution in [3.8, 4) is 0 Å². The van der Waals surface area contributed by atoms with Gasteiger partial charge in [-0.25, -0.2) is 9.59 Å². The molecule has 0 aliphatic rings. The minimum Gasteiger partial charge on any atom is -0.445 e. The molecule has 0 heterocycles. The van der Waals surface area contributed by atoms with E-state index in [-0.39, 0.29) is 18.4 Å². The zero-order valence-electron chi connectivity index (χ0n) is 23.6. The van der Waals surface area contributed by atoms with Gasteiger partial charge in [0.2, 0.25) is 11.8 Å². The number of hydrogen-bond acceptors (Lipinski definition) is 7. The third-order valence-electron chi connectivity index (χ3n) is 5.77. The lowest BCUT2D eigenvalue weighted by molar-refractivity contribution is -0.128. The molecule has 2 aromatic carbocycles. The minimum atomic E-state index is -0.871. The number of nitrogens with two attached hydrogens (primary N) is 1. The first-order chi connectivity index (χ1) is 19.0. The number of unbranched alkanes of at least 4 members (excludes halogenated alkanes) is 1. The number of amides is 4. The van der Waals surface area contributed by atoms with Crippen LogP contribution in [0.1, 0.15) is 51.2 Å². The van der Waals surface area contributed by atoms with Crippen LogP contribution in [-0.2, 0) is 32.1 Å². The van der Waals surface area contributed by atoms with E-state index in [1.165, 1.54) is 0 Å². The van der Waals surface area contributed by atoms with Crippen LogP contribution < -0.4 is 27.0 Å². The molecule has 0 radical (unpaired) electrons. The van der Waals surface area contributed by atoms with Crippen LogP contribution in [0.5, 0.6) is 0 Å². The molecule has 0 aromatic heterocycles. The maximum absolute atomic E-state index is 13.2. The van der Waals surface area contributed by atoms with E-state index in [0.717, 1.165) is 5.56 Å². The van der Waals surface area contributed by atoms with Crippen molar-refractivity contribution in [2.75, 3.05) is 18.9 Å². The summed E-state index contributed by atoms with van der Waals surface area (Å²) in [5.41, 5.74) is 6.63. The molecule has 2 atom stereocenters. The zero-order chi connectivity index (χ0) is 29.5. The van der Waals surface area contributed by atoms with Gasteiger partial charge < -0.3 is 36.5 Å². The summed E-state index contributed by atoms with van der Waals surface area (Å²) in [6.07, 6.45) is 0.612. The van der Waals surface area contributed by atoms with Crippen LogP contribution in [0.25, 0.3) is 0 Å². The molecule has 2 rings (SSSR count). The van der Waals surface area contributed by atoms with Crippen molar-refractivity contribution in [1.29, 1.82) is 0 Å². The van der Waals surface area contributed by atoms with Crippen molar-refractivity contribution in [1.82, 2.24) is 16.0 Å². The van der Waals surface area contributed by atoms with Gasteiger partial charge in [-0.3, -0.25) is 9.59 Å². The highest BCUT2D eigenvalue weighted by Gasteiger charge is 2.25. The second-order valence-electron chi connectivity index (χ2n) is 10.3. The second kappa shape index (κ2) is 16.1. The Morgan fingerprint density at radius 3 is 2.15 bits per heavy atom. The van der Waals surface area contributed by atoms with Gasteiger partial charge in [0.25, 0.3) is 0 Å². The molecule has 11 heteroatoms. The van der Waals surface area contributed by atoms with E-state index < -0.39 is 29.9 Å². The molecule has 0 aliphatic carbocycles. The van der Waals surface area contributed by atoms with Crippen LogP contribution in [-0.4, -0.2) is 55.3 Å². The molecule has 0 spiro atoms. The first-order valence-corrected chi connectivity index (χ1v) is 13.3. The van der Waals surface area contributed by atoms with Crippen LogP contribution in [0.4, 0.5) is 15.3 Å². The summed E-state index contributed by atoms with van der Waals surface area (Å²) in [7, 11) is 1.70. The van der Waals surface area contributed by atoms with E-state index >= 15 is 0 Å². The van der Waals surface area contributed by atoms with Crippen LogP contribution in [0.15, 0.2) is 54.6 Å². The number of anilines is 1. The Hall–Kier alpha value is -4.12. The van der Waals surface area contributed by atoms with E-state index in [9.17, 15) is 19.2 Å². The fourth-order valence-electron chi connectivity index (χ4n) is 3.76. The van der Waals surface area contributed by atoms with Crippen LogP contribution in [0.3, 0.4) is 0 Å². The Kier molecular flexibility index (Phi) is 12.9. The standard InChI is InChI=1S/C29H41N5O6/c1-29(2,3)40-28(38)32-17-9-8-12-23(34-26(36)24(31-4)18-20-10-6-5-7-11-20)25(35)33-22-15-13-21(14-16-22)19-39-27(30)37/h5-7,10-11,13-16,23-24,31H,8-9,12,17-19H2,1-4H3,(H2,30,37)(H,32,38)(H,33,35)(H,34,36)/t23-,24-/m0/s1. The van der Waals surface area contributed by atoms with Crippen LogP contribution >= 0.6 is 0 Å². The van der Waals surface area contributed by atoms with Gasteiger partial charge in [-0.1, -0.05) is 42.5 Å². The van der Waals surface area contributed by atoms with Crippen molar-refractivity contribution in [2.24, 2.45) is 5.73 Å². The smallest absolute Gasteiger partial charge is 0.407 e. The number of carbonyl (C=O) groups excluding carboxylic acids is 4. The molecule has 0 bridgehead atoms. The van der Waals surface area contributed by atoms with Gasteiger partial charge in [-0.05, 0) is 76.8 Å². The topological polar surface area (TPSA) is 161 Å². The third-order valence-corrected chi connectivity index (χ3v) is 5.77. The summed E-state index contributed by atoms with van der Waals surface area (Å²) in [4.78, 5) is 49.1. The zero-order valence-corrected chi connectivity index (χ0v) is 23.6. The second-order valence-corrected chi connectivity index (χ2v) is 10.3. The number of benzene rings is 2. The molecular formula is C29H41N5O6. The van der Waals surface area contributed by atoms with Gasteiger partial charge in [-0.15, -0.1) is 0 Å². The average molecular weight is 556 g/mol. The van der Waals surface area contributed by atoms with Crippen molar-refractivity contribution < 1.29 is 28.7 Å². The molecule has 0 fully saturated rings. The molecule has 6 N–H and O–H groups in total. The molecular weight excluding hydrogens is 514 g/mol. The molecule has 0 saturated carbocycles. The molecule has 40 heavy (non-hydrogen) atoms. The molecule has 0 saturated heterocycles. The van der Waals surface area contributed by atoms with Crippen molar-refractivity contribution in [3.05, 3.63) is 65.7 Å². The van der Waals surface area contributed by atoms with Gasteiger partial charge in [0.1, 0.15) is 18.2 Å². The minimum absolute atomic E-state index is 0.0202. The first-order valence-electron chi connectivity index (χ1n) is 13.3. The number of alkyl carbamates (subject to hydrolysis) is 1. The normalized spacial score (nSPS) is 12.5. The van der Waals surface area contributed by atoms with E-state index in [1.54, 1.807) is 52.1 Å². The quantitative estimate of drug-likeness (QED) is 0.224. The number of likely N-dealkylation sites (N-methyl/N-ethyl adjacent to an activating group) is 1. The van der Waals surface area contributed by atoms with E-state index in [4.69, 9.17) is 15.2 Å². The Balaban J connectivity index is 2.01. The number of carbonyl (C=O) groups is 4. The summed E-state index contributed by atoms with van der Waals surface area (Å²) in [5.74, 6) is -0.665. The number of ether oxygens (including phenoxy) is 2. The summed E-state index contributed by atoms with van der Waals surface area (Å²) >= 11 is 0. The van der Waals surface area contributed by atoms with Gasteiger partial charge >= 0.3 is 12.2 Å². The summed E-state index contributed by atoms with van der Waals surface area (Å²) in [6, 6.07) is 15.0. The highest BCUT2D eigenvalue weighted by Crippen LogP contribution is 2.13. The lowest BCUT2D eigenvalue weighted by atomic mass is 10.0. The Morgan fingerprint density at radius 2 is 1.55 bits per heavy atom. The van der Waals surface area contributed by atoms with E-state index in [1.807, 2.05) is 30.3 Å². The fourth-order valence-corrected chi connectivity index (χ4v) is 3.76. The Morgan fingerprint density at radius 1 is 0.875 bits per heavy atom. The van der Waals surface area contributed by atoms with Gasteiger partial charge in [-0.2, -0.15) is 0 Å². The Bertz CT molecular complexity index is 1100. The maximum atomic E-state index is 13.2. The molecule has 2 aromatic rings. The molecule has 11 nitrogen and oxygen atoms in total. The number of nitrogens with one attached hydrogen (secondary N) is 4. The Labute approximate surface area is 235 Å². The monoisotopic (exact) mass is 555 g/mol. The van der Waals surface area contributed by atoms with Gasteiger partial charge in [0, 0.05) is 12.2 Å². The van der Waals surface area contributed by atoms with E-state index in [0.29, 0.717) is 43.5 Å². The average Bonchev–Trinajstić information content (AvgIpc) is 2.89. The summed E-state index contributed by atoms with van der Waals surface area (Å²) in [6.45, 7) is 5.76. The third kappa shape index (κ3) is 12.6. The highest BCUT2D eigenvalue weighted by molar-refractivity contribution is 5.97. The van der Waals surface area contributed by atoms with Crippen molar-refractivity contribution in [3.63, 3.8) is 0 Å². The van der Waals surface area contributed by atoms with E-state index in [2.05, 4.69) is 21.3 Å². The number of rotatable bonds is 14. The van der Waals surface area contributed by atoms with Crippen LogP contribution in [0.2, 0.25) is 0 Å². The van der Waals surface area contributed by atoms with Crippen molar-refractivity contribution in [2.45, 2.75) is 70.7 Å². The number of primary amides is 1. The highest BCUT2D eigenvalue weighted by atomic mass is 16.6. The predicted octanol–water partition coefficient (Wildman–Crippen LogP) is 3.23. The van der Waals surface area contributed by atoms with Gasteiger partial charge in [0.05, 0.1) is 6.04 Å². The molecule has 0 unspecified atom stereocenters. The number of hydrogen-bond donors (Lipinski definition) is 5. The molecule has 0 aliphatic heterocycles. The van der Waals surface area contributed by atoms with Gasteiger partial charge in [0.15, 0.2) is 0 Å².